The van der Waals surface area contributed by atoms with E-state index in [0.717, 1.165) is 28.3 Å². The Hall–Kier alpha value is -3.36. The minimum atomic E-state index is -4.09. The predicted octanol–water partition coefficient (Wildman–Crippen LogP) is 5.43. The van der Waals surface area contributed by atoms with Crippen molar-refractivity contribution < 1.29 is 18.0 Å². The van der Waals surface area contributed by atoms with Crippen LogP contribution in [-0.2, 0) is 32.6 Å². The van der Waals surface area contributed by atoms with Gasteiger partial charge in [-0.3, -0.25) is 13.9 Å². The zero-order valence-electron chi connectivity index (χ0n) is 22.8. The molecule has 2 amide bonds. The van der Waals surface area contributed by atoms with Crippen LogP contribution in [0.5, 0.6) is 0 Å². The molecule has 0 heterocycles. The van der Waals surface area contributed by atoms with Crippen molar-refractivity contribution in [3.05, 3.63) is 95.0 Å². The summed E-state index contributed by atoms with van der Waals surface area (Å²) in [6, 6.07) is 21.2. The van der Waals surface area contributed by atoms with Gasteiger partial charge >= 0.3 is 0 Å². The van der Waals surface area contributed by atoms with Crippen molar-refractivity contribution in [1.82, 2.24) is 10.2 Å². The summed E-state index contributed by atoms with van der Waals surface area (Å²) in [6.07, 6.45) is 1.53. The van der Waals surface area contributed by atoms with Gasteiger partial charge in [-0.15, -0.1) is 0 Å². The summed E-state index contributed by atoms with van der Waals surface area (Å²) in [4.78, 5) is 28.5. The van der Waals surface area contributed by atoms with Gasteiger partial charge in [-0.25, -0.2) is 8.42 Å². The standard InChI is InChI=1S/C30H36ClN3O4S/c1-5-22(3)32-30(36)23(4)33(20-25-11-10-12-26(31)19-25)29(35)21-34(27-17-15-24(6-2)16-18-27)39(37,38)28-13-8-7-9-14-28/h7-19,22-23H,5-6,20-21H2,1-4H3,(H,32,36). The summed E-state index contributed by atoms with van der Waals surface area (Å²) in [5.74, 6) is -0.828. The van der Waals surface area contributed by atoms with Gasteiger partial charge in [0, 0.05) is 17.6 Å². The number of rotatable bonds is 12. The van der Waals surface area contributed by atoms with Crippen LogP contribution in [-0.4, -0.2) is 43.8 Å². The highest BCUT2D eigenvalue weighted by atomic mass is 35.5. The van der Waals surface area contributed by atoms with E-state index in [9.17, 15) is 18.0 Å². The lowest BCUT2D eigenvalue weighted by Crippen LogP contribution is -2.52. The fraction of sp³-hybridized carbons (Fsp3) is 0.333. The highest BCUT2D eigenvalue weighted by Crippen LogP contribution is 2.25. The van der Waals surface area contributed by atoms with Gasteiger partial charge in [-0.2, -0.15) is 0 Å². The van der Waals surface area contributed by atoms with Gasteiger partial charge in [0.2, 0.25) is 11.8 Å². The molecule has 0 radical (unpaired) electrons. The van der Waals surface area contributed by atoms with Crippen molar-refractivity contribution in [2.75, 3.05) is 10.8 Å². The molecule has 2 unspecified atom stereocenters. The molecule has 3 aromatic carbocycles. The van der Waals surface area contributed by atoms with E-state index in [1.165, 1.54) is 17.0 Å². The van der Waals surface area contributed by atoms with Crippen LogP contribution in [0.15, 0.2) is 83.8 Å². The molecule has 0 aliphatic carbocycles. The first-order valence-corrected chi connectivity index (χ1v) is 14.9. The molecule has 2 atom stereocenters. The van der Waals surface area contributed by atoms with Gasteiger partial charge in [-0.05, 0) is 74.2 Å². The third-order valence-electron chi connectivity index (χ3n) is 6.65. The van der Waals surface area contributed by atoms with Crippen LogP contribution in [0.1, 0.15) is 45.2 Å². The second kappa shape index (κ2) is 13.6. The first-order valence-electron chi connectivity index (χ1n) is 13.1. The van der Waals surface area contributed by atoms with Crippen molar-refractivity contribution in [3.63, 3.8) is 0 Å². The Morgan fingerprint density at radius 1 is 0.897 bits per heavy atom. The van der Waals surface area contributed by atoms with Crippen molar-refractivity contribution in [3.8, 4) is 0 Å². The van der Waals surface area contributed by atoms with Crippen LogP contribution in [0, 0.1) is 0 Å². The van der Waals surface area contributed by atoms with Crippen molar-refractivity contribution >= 4 is 39.1 Å². The maximum Gasteiger partial charge on any atom is 0.264 e. The molecule has 0 aliphatic heterocycles. The number of carbonyl (C=O) groups excluding carboxylic acids is 2. The van der Waals surface area contributed by atoms with Crippen molar-refractivity contribution in [2.24, 2.45) is 0 Å². The topological polar surface area (TPSA) is 86.8 Å². The number of carbonyl (C=O) groups is 2. The van der Waals surface area contributed by atoms with E-state index in [0.29, 0.717) is 10.7 Å². The third-order valence-corrected chi connectivity index (χ3v) is 8.68. The molecule has 39 heavy (non-hydrogen) atoms. The molecule has 0 spiro atoms. The van der Waals surface area contributed by atoms with Gasteiger partial charge in [0.1, 0.15) is 12.6 Å². The Bertz CT molecular complexity index is 1360. The lowest BCUT2D eigenvalue weighted by molar-refractivity contribution is -0.139. The van der Waals surface area contributed by atoms with Gasteiger partial charge in [-0.1, -0.05) is 67.9 Å². The average Bonchev–Trinajstić information content (AvgIpc) is 2.94. The molecular weight excluding hydrogens is 534 g/mol. The van der Waals surface area contributed by atoms with E-state index in [2.05, 4.69) is 5.32 Å². The van der Waals surface area contributed by atoms with E-state index in [-0.39, 0.29) is 23.4 Å². The van der Waals surface area contributed by atoms with E-state index < -0.39 is 28.5 Å². The van der Waals surface area contributed by atoms with Gasteiger partial charge in [0.15, 0.2) is 0 Å². The number of amides is 2. The molecule has 208 valence electrons. The predicted molar refractivity (Wildman–Crippen MR) is 156 cm³/mol. The Kier molecular flexibility index (Phi) is 10.5. The van der Waals surface area contributed by atoms with Crippen molar-refractivity contribution in [1.29, 1.82) is 0 Å². The number of nitrogens with zero attached hydrogens (tertiary/aromatic N) is 2. The smallest absolute Gasteiger partial charge is 0.264 e. The molecule has 0 saturated carbocycles. The van der Waals surface area contributed by atoms with Crippen LogP contribution in [0.2, 0.25) is 5.02 Å². The molecule has 3 aromatic rings. The lowest BCUT2D eigenvalue weighted by atomic mass is 10.1. The summed E-state index contributed by atoms with van der Waals surface area (Å²) >= 11 is 6.18. The maximum absolute atomic E-state index is 13.9. The molecule has 0 aliphatic rings. The van der Waals surface area contributed by atoms with Crippen LogP contribution >= 0.6 is 11.6 Å². The largest absolute Gasteiger partial charge is 0.352 e. The van der Waals surface area contributed by atoms with Crippen LogP contribution in [0.25, 0.3) is 0 Å². The fourth-order valence-electron chi connectivity index (χ4n) is 4.03. The molecule has 0 bridgehead atoms. The number of halogens is 1. The van der Waals surface area contributed by atoms with Gasteiger partial charge in [0.05, 0.1) is 10.6 Å². The maximum atomic E-state index is 13.9. The monoisotopic (exact) mass is 569 g/mol. The Balaban J connectivity index is 2.02. The summed E-state index contributed by atoms with van der Waals surface area (Å²) in [5.41, 5.74) is 2.13. The second-order valence-electron chi connectivity index (χ2n) is 9.49. The number of aryl methyl sites for hydroxylation is 1. The molecule has 7 nitrogen and oxygen atoms in total. The Labute approximate surface area is 236 Å². The molecule has 0 aromatic heterocycles. The van der Waals surface area contributed by atoms with Gasteiger partial charge in [0.25, 0.3) is 10.0 Å². The summed E-state index contributed by atoms with van der Waals surface area (Å²) < 4.78 is 28.7. The van der Waals surface area contributed by atoms with Crippen LogP contribution in [0.4, 0.5) is 5.69 Å². The number of hydrogen-bond acceptors (Lipinski definition) is 4. The highest BCUT2D eigenvalue weighted by Gasteiger charge is 2.32. The average molecular weight is 570 g/mol. The summed E-state index contributed by atoms with van der Waals surface area (Å²) in [6.45, 7) is 7.11. The van der Waals surface area contributed by atoms with E-state index >= 15 is 0 Å². The fourth-order valence-corrected chi connectivity index (χ4v) is 5.67. The van der Waals surface area contributed by atoms with E-state index in [4.69, 9.17) is 11.6 Å². The van der Waals surface area contributed by atoms with Crippen molar-refractivity contribution in [2.45, 2.75) is 64.1 Å². The number of nitrogens with one attached hydrogen (secondary N) is 1. The molecular formula is C30H36ClN3O4S. The number of anilines is 1. The SMILES string of the molecule is CCc1ccc(N(CC(=O)N(Cc2cccc(Cl)c2)C(C)C(=O)NC(C)CC)S(=O)(=O)c2ccccc2)cc1. The minimum absolute atomic E-state index is 0.0707. The number of sulfonamides is 1. The number of benzene rings is 3. The van der Waals surface area contributed by atoms with Crippen LogP contribution < -0.4 is 9.62 Å². The normalized spacial score (nSPS) is 12.8. The minimum Gasteiger partial charge on any atom is -0.352 e. The lowest BCUT2D eigenvalue weighted by Gasteiger charge is -2.32. The highest BCUT2D eigenvalue weighted by molar-refractivity contribution is 7.92. The first kappa shape index (κ1) is 30.2. The van der Waals surface area contributed by atoms with Crippen LogP contribution in [0.3, 0.4) is 0 Å². The summed E-state index contributed by atoms with van der Waals surface area (Å²) in [5, 5.41) is 3.43. The van der Waals surface area contributed by atoms with Gasteiger partial charge < -0.3 is 10.2 Å². The molecule has 3 rings (SSSR count). The zero-order valence-corrected chi connectivity index (χ0v) is 24.4. The summed E-state index contributed by atoms with van der Waals surface area (Å²) in [7, 11) is -4.09. The molecule has 0 fully saturated rings. The number of hydrogen-bond donors (Lipinski definition) is 1. The Morgan fingerprint density at radius 3 is 2.15 bits per heavy atom. The Morgan fingerprint density at radius 2 is 1.56 bits per heavy atom. The first-order chi connectivity index (χ1) is 18.6. The van der Waals surface area contributed by atoms with E-state index in [1.54, 1.807) is 55.5 Å². The van der Waals surface area contributed by atoms with E-state index in [1.807, 2.05) is 39.0 Å². The zero-order chi connectivity index (χ0) is 28.6. The third kappa shape index (κ3) is 7.83. The quantitative estimate of drug-likeness (QED) is 0.315. The molecule has 9 heteroatoms. The second-order valence-corrected chi connectivity index (χ2v) is 11.8. The molecule has 1 N–H and O–H groups in total. The molecule has 0 saturated heterocycles.